The van der Waals surface area contributed by atoms with Crippen molar-refractivity contribution < 1.29 is 17.9 Å². The monoisotopic (exact) mass is 321 g/mol. The zero-order valence-corrected chi connectivity index (χ0v) is 13.7. The van der Waals surface area contributed by atoms with Crippen molar-refractivity contribution in [3.63, 3.8) is 0 Å². The summed E-state index contributed by atoms with van der Waals surface area (Å²) in [6, 6.07) is 0. The number of rotatable bonds is 6. The molecule has 3 N–H and O–H groups in total. The topological polar surface area (TPSA) is 102 Å². The normalized spacial score (nSPS) is 19.0. The predicted octanol–water partition coefficient (Wildman–Crippen LogP) is 1.35. The van der Waals surface area contributed by atoms with Gasteiger partial charge in [0.25, 0.3) is 0 Å². The number of hydrogen-bond donors (Lipinski definition) is 2. The van der Waals surface area contributed by atoms with Gasteiger partial charge in [-0.3, -0.25) is 0 Å². The quantitative estimate of drug-likeness (QED) is 0.719. The third-order valence-electron chi connectivity index (χ3n) is 4.06. The summed E-state index contributed by atoms with van der Waals surface area (Å²) in [7, 11) is -2.82. The van der Waals surface area contributed by atoms with Gasteiger partial charge in [0.15, 0.2) is 0 Å². The number of hydrogen-bond acceptors (Lipinski definition) is 5. The summed E-state index contributed by atoms with van der Waals surface area (Å²) in [5.41, 5.74) is 5.34. The van der Waals surface area contributed by atoms with E-state index in [0.29, 0.717) is 13.0 Å². The fourth-order valence-corrected chi connectivity index (χ4v) is 4.55. The fraction of sp³-hybridized carbons (Fsp3) is 0.923. The third-order valence-corrected chi connectivity index (χ3v) is 5.63. The van der Waals surface area contributed by atoms with Gasteiger partial charge in [-0.2, -0.15) is 12.7 Å². The SMILES string of the molecule is CCCN(C1(CN)CCCCCC1)S(=O)(=O)NC(=O)OC. The first-order valence-corrected chi connectivity index (χ1v) is 8.94. The van der Waals surface area contributed by atoms with Crippen molar-refractivity contribution in [2.75, 3.05) is 20.2 Å². The van der Waals surface area contributed by atoms with Crippen LogP contribution in [0.4, 0.5) is 4.79 Å². The minimum Gasteiger partial charge on any atom is -0.452 e. The van der Waals surface area contributed by atoms with E-state index in [1.54, 1.807) is 0 Å². The molecule has 1 saturated carbocycles. The van der Waals surface area contributed by atoms with Crippen LogP contribution in [-0.2, 0) is 14.9 Å². The van der Waals surface area contributed by atoms with Gasteiger partial charge in [-0.25, -0.2) is 9.52 Å². The van der Waals surface area contributed by atoms with Gasteiger partial charge >= 0.3 is 16.3 Å². The highest BCUT2D eigenvalue weighted by Crippen LogP contribution is 2.33. The maximum atomic E-state index is 12.5. The summed E-state index contributed by atoms with van der Waals surface area (Å²) in [6.07, 6.45) is 5.22. The first kappa shape index (κ1) is 18.2. The van der Waals surface area contributed by atoms with Crippen molar-refractivity contribution in [3.05, 3.63) is 0 Å². The van der Waals surface area contributed by atoms with Crippen LogP contribution in [0, 0.1) is 0 Å². The third kappa shape index (κ3) is 4.55. The van der Waals surface area contributed by atoms with Crippen LogP contribution in [0.5, 0.6) is 0 Å². The van der Waals surface area contributed by atoms with Crippen LogP contribution in [0.15, 0.2) is 0 Å². The Morgan fingerprint density at radius 1 is 1.29 bits per heavy atom. The van der Waals surface area contributed by atoms with Gasteiger partial charge in [-0.15, -0.1) is 0 Å². The van der Waals surface area contributed by atoms with Crippen LogP contribution < -0.4 is 10.5 Å². The lowest BCUT2D eigenvalue weighted by molar-refractivity contribution is 0.159. The van der Waals surface area contributed by atoms with Gasteiger partial charge in [0.2, 0.25) is 0 Å². The summed E-state index contributed by atoms with van der Waals surface area (Å²) >= 11 is 0. The summed E-state index contributed by atoms with van der Waals surface area (Å²) in [5, 5.41) is 0. The Balaban J connectivity index is 3.09. The lowest BCUT2D eigenvalue weighted by atomic mass is 9.90. The van der Waals surface area contributed by atoms with E-state index in [1.165, 1.54) is 4.31 Å². The van der Waals surface area contributed by atoms with Crippen LogP contribution in [-0.4, -0.2) is 44.6 Å². The molecule has 1 rings (SSSR count). The van der Waals surface area contributed by atoms with E-state index in [9.17, 15) is 13.2 Å². The zero-order chi connectivity index (χ0) is 15.9. The molecule has 0 unspecified atom stereocenters. The Kier molecular flexibility index (Phi) is 6.89. The van der Waals surface area contributed by atoms with Gasteiger partial charge in [0.1, 0.15) is 0 Å². The molecule has 1 aliphatic carbocycles. The molecule has 0 aliphatic heterocycles. The molecule has 0 saturated heterocycles. The molecule has 124 valence electrons. The standard InChI is InChI=1S/C13H27N3O4S/c1-3-10-16(21(18,19)15-12(17)20-2)13(11-14)8-6-4-5-7-9-13/h3-11,14H2,1-2H3,(H,15,17). The number of nitrogens with zero attached hydrogens (tertiary/aromatic N) is 1. The minimum atomic E-state index is -3.95. The summed E-state index contributed by atoms with van der Waals surface area (Å²) in [4.78, 5) is 11.3. The summed E-state index contributed by atoms with van der Waals surface area (Å²) in [5.74, 6) is 0. The molecular formula is C13H27N3O4S. The number of nitrogens with one attached hydrogen (secondary N) is 1. The van der Waals surface area contributed by atoms with Crippen LogP contribution in [0.3, 0.4) is 0 Å². The number of amides is 1. The summed E-state index contributed by atoms with van der Waals surface area (Å²) in [6.45, 7) is 2.50. The van der Waals surface area contributed by atoms with Gasteiger partial charge in [0, 0.05) is 18.6 Å². The predicted molar refractivity (Wildman–Crippen MR) is 80.9 cm³/mol. The maximum Gasteiger partial charge on any atom is 0.421 e. The Morgan fingerprint density at radius 3 is 2.29 bits per heavy atom. The van der Waals surface area contributed by atoms with E-state index in [1.807, 2.05) is 11.6 Å². The molecule has 0 radical (unpaired) electrons. The van der Waals surface area contributed by atoms with Crippen LogP contribution in [0.25, 0.3) is 0 Å². The number of nitrogens with two attached hydrogens (primary N) is 1. The highest BCUT2D eigenvalue weighted by molar-refractivity contribution is 7.87. The number of carbonyl (C=O) groups is 1. The maximum absolute atomic E-state index is 12.5. The molecule has 21 heavy (non-hydrogen) atoms. The van der Waals surface area contributed by atoms with Crippen molar-refractivity contribution in [2.24, 2.45) is 5.73 Å². The average molecular weight is 321 g/mol. The van der Waals surface area contributed by atoms with E-state index < -0.39 is 21.8 Å². The lowest BCUT2D eigenvalue weighted by Crippen LogP contribution is -2.59. The second-order valence-corrected chi connectivity index (χ2v) is 7.11. The number of methoxy groups -OCH3 is 1. The first-order valence-electron chi connectivity index (χ1n) is 7.50. The molecule has 0 aromatic carbocycles. The Morgan fingerprint density at radius 2 is 1.86 bits per heavy atom. The van der Waals surface area contributed by atoms with Crippen LogP contribution in [0.1, 0.15) is 51.9 Å². The molecule has 0 aromatic rings. The molecule has 0 atom stereocenters. The largest absolute Gasteiger partial charge is 0.452 e. The van der Waals surface area contributed by atoms with E-state index in [0.717, 1.165) is 45.6 Å². The van der Waals surface area contributed by atoms with E-state index in [-0.39, 0.29) is 6.54 Å². The fourth-order valence-electron chi connectivity index (χ4n) is 2.96. The van der Waals surface area contributed by atoms with Gasteiger partial charge < -0.3 is 10.5 Å². The number of carbonyl (C=O) groups excluding carboxylic acids is 1. The van der Waals surface area contributed by atoms with Crippen LogP contribution in [0.2, 0.25) is 0 Å². The second kappa shape index (κ2) is 7.95. The first-order chi connectivity index (χ1) is 9.91. The van der Waals surface area contributed by atoms with Crippen molar-refractivity contribution in [1.82, 2.24) is 9.03 Å². The smallest absolute Gasteiger partial charge is 0.421 e. The molecule has 1 fully saturated rings. The molecule has 7 nitrogen and oxygen atoms in total. The molecule has 1 amide bonds. The van der Waals surface area contributed by atoms with E-state index in [2.05, 4.69) is 4.74 Å². The van der Waals surface area contributed by atoms with Crippen molar-refractivity contribution >= 4 is 16.3 Å². The van der Waals surface area contributed by atoms with E-state index >= 15 is 0 Å². The van der Waals surface area contributed by atoms with Crippen LogP contribution >= 0.6 is 0 Å². The highest BCUT2D eigenvalue weighted by atomic mass is 32.2. The van der Waals surface area contributed by atoms with Crippen molar-refractivity contribution in [1.29, 1.82) is 0 Å². The Bertz CT molecular complexity index is 431. The minimum absolute atomic E-state index is 0.259. The average Bonchev–Trinajstić information content (AvgIpc) is 2.70. The zero-order valence-electron chi connectivity index (χ0n) is 12.9. The highest BCUT2D eigenvalue weighted by Gasteiger charge is 2.42. The Labute approximate surface area is 127 Å². The van der Waals surface area contributed by atoms with Gasteiger partial charge in [-0.05, 0) is 19.3 Å². The molecule has 8 heteroatoms. The van der Waals surface area contributed by atoms with E-state index in [4.69, 9.17) is 5.73 Å². The summed E-state index contributed by atoms with van der Waals surface area (Å²) < 4.78 is 32.8. The van der Waals surface area contributed by atoms with Crippen molar-refractivity contribution in [3.8, 4) is 0 Å². The molecule has 0 spiro atoms. The second-order valence-electron chi connectivity index (χ2n) is 5.51. The van der Waals surface area contributed by atoms with Gasteiger partial charge in [0.05, 0.1) is 7.11 Å². The molecule has 0 aromatic heterocycles. The van der Waals surface area contributed by atoms with Crippen molar-refractivity contribution in [2.45, 2.75) is 57.4 Å². The molecule has 1 aliphatic rings. The molecular weight excluding hydrogens is 294 g/mol. The molecule has 0 bridgehead atoms. The Hall–Kier alpha value is -0.860. The van der Waals surface area contributed by atoms with Gasteiger partial charge in [-0.1, -0.05) is 32.6 Å². The lowest BCUT2D eigenvalue weighted by Gasteiger charge is -2.41. The molecule has 0 heterocycles. The number of ether oxygens (including phenoxy) is 1.